The minimum atomic E-state index is -0.943. The molecule has 0 heterocycles. The molecular formula is C7H14. The SMILES string of the molecule is [2H]C([2H])(C)C1(CC)CC1. The summed E-state index contributed by atoms with van der Waals surface area (Å²) in [4.78, 5) is 0. The zero-order valence-electron chi connectivity index (χ0n) is 7.12. The van der Waals surface area contributed by atoms with Crippen molar-refractivity contribution in [2.24, 2.45) is 5.41 Å². The Bertz CT molecular complexity index is 109. The highest BCUT2D eigenvalue weighted by molar-refractivity contribution is 4.89. The molecule has 7 heavy (non-hydrogen) atoms. The molecule has 1 aliphatic rings. The Morgan fingerprint density at radius 2 is 2.14 bits per heavy atom. The predicted octanol–water partition coefficient (Wildman–Crippen LogP) is 2.59. The molecule has 0 aliphatic heterocycles. The second-order valence-corrected chi connectivity index (χ2v) is 2.38. The molecular weight excluding hydrogens is 84.1 g/mol. The first-order valence-corrected chi connectivity index (χ1v) is 3.02. The van der Waals surface area contributed by atoms with Crippen molar-refractivity contribution in [1.29, 1.82) is 0 Å². The fraction of sp³-hybridized carbons (Fsp3) is 1.00. The molecule has 0 nitrogen and oxygen atoms in total. The quantitative estimate of drug-likeness (QED) is 0.500. The minimum Gasteiger partial charge on any atom is -0.0649 e. The van der Waals surface area contributed by atoms with Crippen molar-refractivity contribution in [2.75, 3.05) is 0 Å². The van der Waals surface area contributed by atoms with Crippen LogP contribution in [0.2, 0.25) is 0 Å². The van der Waals surface area contributed by atoms with Gasteiger partial charge >= 0.3 is 0 Å². The van der Waals surface area contributed by atoms with Gasteiger partial charge in [0.15, 0.2) is 0 Å². The van der Waals surface area contributed by atoms with Crippen LogP contribution in [0.3, 0.4) is 0 Å². The van der Waals surface area contributed by atoms with Gasteiger partial charge in [-0.1, -0.05) is 26.6 Å². The van der Waals surface area contributed by atoms with Gasteiger partial charge in [0.05, 0.1) is 0 Å². The third-order valence-electron chi connectivity index (χ3n) is 2.06. The molecule has 0 aromatic carbocycles. The Hall–Kier alpha value is 0. The van der Waals surface area contributed by atoms with E-state index >= 15 is 0 Å². The van der Waals surface area contributed by atoms with Crippen molar-refractivity contribution in [3.63, 3.8) is 0 Å². The van der Waals surface area contributed by atoms with Gasteiger partial charge in [-0.2, -0.15) is 0 Å². The van der Waals surface area contributed by atoms with Gasteiger partial charge in [0.2, 0.25) is 0 Å². The zero-order chi connectivity index (χ0) is 7.12. The summed E-state index contributed by atoms with van der Waals surface area (Å²) in [5, 5.41) is 0. The molecule has 42 valence electrons. The van der Waals surface area contributed by atoms with Crippen LogP contribution >= 0.6 is 0 Å². The first-order chi connectivity index (χ1) is 4.02. The fourth-order valence-electron chi connectivity index (χ4n) is 0.931. The second-order valence-electron chi connectivity index (χ2n) is 2.38. The van der Waals surface area contributed by atoms with Crippen LogP contribution in [0.5, 0.6) is 0 Å². The van der Waals surface area contributed by atoms with Gasteiger partial charge in [-0.15, -0.1) is 0 Å². The van der Waals surface area contributed by atoms with E-state index in [0.717, 1.165) is 19.3 Å². The number of rotatable bonds is 2. The third kappa shape index (κ3) is 0.793. The highest BCUT2D eigenvalue weighted by atomic mass is 14.4. The molecule has 0 N–H and O–H groups in total. The Labute approximate surface area is 48.7 Å². The minimum absolute atomic E-state index is 0.0625. The Morgan fingerprint density at radius 1 is 1.57 bits per heavy atom. The maximum absolute atomic E-state index is 7.46. The Kier molecular flexibility index (Phi) is 0.667. The summed E-state index contributed by atoms with van der Waals surface area (Å²) in [5.41, 5.74) is 0.0625. The molecule has 0 bridgehead atoms. The van der Waals surface area contributed by atoms with Gasteiger partial charge in [-0.05, 0) is 18.3 Å². The molecule has 1 saturated carbocycles. The second kappa shape index (κ2) is 1.50. The van der Waals surface area contributed by atoms with E-state index in [1.807, 2.05) is 0 Å². The van der Waals surface area contributed by atoms with Crippen molar-refractivity contribution in [2.45, 2.75) is 39.5 Å². The third-order valence-corrected chi connectivity index (χ3v) is 2.06. The molecule has 0 unspecified atom stereocenters. The molecule has 1 rings (SSSR count). The molecule has 0 aromatic heterocycles. The average molecular weight is 100 g/mol. The van der Waals surface area contributed by atoms with E-state index in [0.29, 0.717) is 0 Å². The van der Waals surface area contributed by atoms with Crippen LogP contribution in [-0.2, 0) is 0 Å². The van der Waals surface area contributed by atoms with Gasteiger partial charge in [0.25, 0.3) is 0 Å². The molecule has 0 heteroatoms. The summed E-state index contributed by atoms with van der Waals surface area (Å²) in [5.74, 6) is 0. The van der Waals surface area contributed by atoms with Crippen LogP contribution in [-0.4, -0.2) is 0 Å². The lowest BCUT2D eigenvalue weighted by Gasteiger charge is -2.04. The van der Waals surface area contributed by atoms with Crippen LogP contribution in [0.4, 0.5) is 0 Å². The Morgan fingerprint density at radius 3 is 2.14 bits per heavy atom. The van der Waals surface area contributed by atoms with E-state index in [9.17, 15) is 0 Å². The molecule has 0 amide bonds. The van der Waals surface area contributed by atoms with E-state index < -0.39 is 6.37 Å². The lowest BCUT2D eigenvalue weighted by atomic mass is 10.0. The zero-order valence-corrected chi connectivity index (χ0v) is 5.12. The van der Waals surface area contributed by atoms with Gasteiger partial charge in [0.1, 0.15) is 0 Å². The van der Waals surface area contributed by atoms with Crippen molar-refractivity contribution in [1.82, 2.24) is 0 Å². The molecule has 1 fully saturated rings. The van der Waals surface area contributed by atoms with Crippen LogP contribution in [0.15, 0.2) is 0 Å². The summed E-state index contributed by atoms with van der Waals surface area (Å²) in [7, 11) is 0. The molecule has 0 radical (unpaired) electrons. The van der Waals surface area contributed by atoms with Crippen LogP contribution in [0.25, 0.3) is 0 Å². The standard InChI is InChI=1S/C7H14/c1-3-7(4-2)5-6-7/h3-6H2,1-2H3/i3D2. The predicted molar refractivity (Wildman–Crippen MR) is 32.2 cm³/mol. The smallest absolute Gasteiger partial charge is 0.0269 e. The van der Waals surface area contributed by atoms with Crippen LogP contribution < -0.4 is 0 Å². The van der Waals surface area contributed by atoms with Crippen LogP contribution in [0.1, 0.15) is 42.2 Å². The van der Waals surface area contributed by atoms with Gasteiger partial charge in [-0.3, -0.25) is 0 Å². The highest BCUT2D eigenvalue weighted by Gasteiger charge is 2.37. The van der Waals surface area contributed by atoms with Gasteiger partial charge in [-0.25, -0.2) is 0 Å². The summed E-state index contributed by atoms with van der Waals surface area (Å²) in [6.45, 7) is 3.78. The van der Waals surface area contributed by atoms with E-state index in [2.05, 4.69) is 6.92 Å². The fourth-order valence-corrected chi connectivity index (χ4v) is 0.931. The van der Waals surface area contributed by atoms with Gasteiger partial charge in [0, 0.05) is 2.74 Å². The van der Waals surface area contributed by atoms with Crippen molar-refractivity contribution < 1.29 is 2.74 Å². The first-order valence-electron chi connectivity index (χ1n) is 4.02. The Balaban J connectivity index is 2.60. The largest absolute Gasteiger partial charge is 0.0649 e. The molecule has 0 aromatic rings. The molecule has 1 aliphatic carbocycles. The molecule has 0 spiro atoms. The van der Waals surface area contributed by atoms with Crippen LogP contribution in [0, 0.1) is 5.41 Å². The maximum atomic E-state index is 7.46. The summed E-state index contributed by atoms with van der Waals surface area (Å²) in [6.07, 6.45) is 2.23. The lowest BCUT2D eigenvalue weighted by molar-refractivity contribution is 0.474. The van der Waals surface area contributed by atoms with E-state index in [4.69, 9.17) is 2.74 Å². The van der Waals surface area contributed by atoms with E-state index in [1.54, 1.807) is 6.92 Å². The highest BCUT2D eigenvalue weighted by Crippen LogP contribution is 2.51. The average Bonchev–Trinajstić information content (AvgIpc) is 2.40. The number of hydrogen-bond acceptors (Lipinski definition) is 0. The first kappa shape index (κ1) is 3.11. The van der Waals surface area contributed by atoms with Crippen molar-refractivity contribution >= 4 is 0 Å². The maximum Gasteiger partial charge on any atom is 0.0269 e. The van der Waals surface area contributed by atoms with E-state index in [1.165, 1.54) is 0 Å². The van der Waals surface area contributed by atoms with Gasteiger partial charge < -0.3 is 0 Å². The topological polar surface area (TPSA) is 0 Å². The molecule has 0 atom stereocenters. The number of hydrogen-bond donors (Lipinski definition) is 0. The summed E-state index contributed by atoms with van der Waals surface area (Å²) < 4.78 is 14.9. The lowest BCUT2D eigenvalue weighted by Crippen LogP contribution is -1.92. The monoisotopic (exact) mass is 100 g/mol. The van der Waals surface area contributed by atoms with Crippen molar-refractivity contribution in [3.8, 4) is 0 Å². The summed E-state index contributed by atoms with van der Waals surface area (Å²) in [6, 6.07) is 0. The van der Waals surface area contributed by atoms with E-state index in [-0.39, 0.29) is 5.41 Å². The molecule has 0 saturated heterocycles. The normalized spacial score (nSPS) is 31.1. The summed E-state index contributed by atoms with van der Waals surface area (Å²) >= 11 is 0. The van der Waals surface area contributed by atoms with Crippen molar-refractivity contribution in [3.05, 3.63) is 0 Å².